The largest absolute Gasteiger partial charge is 0.295 e. The highest BCUT2D eigenvalue weighted by Gasteiger charge is 2.33. The van der Waals surface area contributed by atoms with Crippen molar-refractivity contribution in [1.82, 2.24) is 0 Å². The molecule has 0 heterocycles. The zero-order valence-corrected chi connectivity index (χ0v) is 8.60. The van der Waals surface area contributed by atoms with Crippen molar-refractivity contribution in [1.29, 1.82) is 0 Å². The van der Waals surface area contributed by atoms with E-state index in [4.69, 9.17) is 0 Å². The fourth-order valence-electron chi connectivity index (χ4n) is 2.90. The SMILES string of the molecule is CC1=C2C(=O)CCCC(C)C2CC1. The van der Waals surface area contributed by atoms with E-state index >= 15 is 0 Å². The van der Waals surface area contributed by atoms with Gasteiger partial charge in [-0.1, -0.05) is 12.5 Å². The molecule has 0 aromatic carbocycles. The number of hydrogen-bond donors (Lipinski definition) is 0. The van der Waals surface area contributed by atoms with E-state index in [-0.39, 0.29) is 0 Å². The summed E-state index contributed by atoms with van der Waals surface area (Å²) in [6, 6.07) is 0. The summed E-state index contributed by atoms with van der Waals surface area (Å²) in [4.78, 5) is 11.8. The standard InChI is InChI=1S/C12H18O/c1-8-4-3-5-11(13)12-9(2)6-7-10(8)12/h8,10H,3-7H2,1-2H3. The van der Waals surface area contributed by atoms with E-state index in [0.29, 0.717) is 11.7 Å². The fraction of sp³-hybridized carbons (Fsp3) is 0.750. The Hall–Kier alpha value is -0.590. The van der Waals surface area contributed by atoms with Gasteiger partial charge in [0.05, 0.1) is 0 Å². The van der Waals surface area contributed by atoms with Crippen LogP contribution in [-0.4, -0.2) is 5.78 Å². The van der Waals surface area contributed by atoms with Crippen molar-refractivity contribution in [2.75, 3.05) is 0 Å². The molecule has 0 N–H and O–H groups in total. The average Bonchev–Trinajstić information content (AvgIpc) is 2.40. The topological polar surface area (TPSA) is 17.1 Å². The zero-order valence-electron chi connectivity index (χ0n) is 8.60. The lowest BCUT2D eigenvalue weighted by Crippen LogP contribution is -2.13. The predicted octanol–water partition coefficient (Wildman–Crippen LogP) is 3.10. The molecular formula is C12H18O. The third kappa shape index (κ3) is 1.45. The summed E-state index contributed by atoms with van der Waals surface area (Å²) in [5, 5.41) is 0. The second-order valence-corrected chi connectivity index (χ2v) is 4.63. The van der Waals surface area contributed by atoms with Gasteiger partial charge in [0.1, 0.15) is 0 Å². The van der Waals surface area contributed by atoms with Gasteiger partial charge in [-0.25, -0.2) is 0 Å². The van der Waals surface area contributed by atoms with Gasteiger partial charge in [-0.15, -0.1) is 0 Å². The smallest absolute Gasteiger partial charge is 0.159 e. The Balaban J connectivity index is 2.33. The van der Waals surface area contributed by atoms with E-state index in [0.717, 1.165) is 25.2 Å². The summed E-state index contributed by atoms with van der Waals surface area (Å²) in [5.74, 6) is 1.79. The van der Waals surface area contributed by atoms with E-state index in [9.17, 15) is 4.79 Å². The molecule has 2 aliphatic rings. The molecule has 0 radical (unpaired) electrons. The summed E-state index contributed by atoms with van der Waals surface area (Å²) >= 11 is 0. The Kier molecular flexibility index (Phi) is 2.27. The van der Waals surface area contributed by atoms with Gasteiger partial charge < -0.3 is 0 Å². The number of Topliss-reactive ketones (excluding diaryl/α,β-unsaturated/α-hetero) is 1. The minimum absolute atomic E-state index is 0.448. The van der Waals surface area contributed by atoms with Crippen molar-refractivity contribution in [2.24, 2.45) is 11.8 Å². The van der Waals surface area contributed by atoms with Crippen LogP contribution in [0.2, 0.25) is 0 Å². The van der Waals surface area contributed by atoms with Crippen LogP contribution < -0.4 is 0 Å². The molecule has 1 nitrogen and oxygen atoms in total. The van der Waals surface area contributed by atoms with Gasteiger partial charge in [0, 0.05) is 6.42 Å². The van der Waals surface area contributed by atoms with Crippen molar-refractivity contribution in [3.63, 3.8) is 0 Å². The molecule has 0 aromatic rings. The monoisotopic (exact) mass is 178 g/mol. The van der Waals surface area contributed by atoms with Crippen LogP contribution in [0.4, 0.5) is 0 Å². The molecule has 72 valence electrons. The zero-order chi connectivity index (χ0) is 9.42. The lowest BCUT2D eigenvalue weighted by atomic mass is 9.86. The molecule has 0 saturated heterocycles. The first kappa shape index (κ1) is 8.98. The average molecular weight is 178 g/mol. The number of hydrogen-bond acceptors (Lipinski definition) is 1. The molecule has 2 rings (SSSR count). The molecule has 0 aromatic heterocycles. The van der Waals surface area contributed by atoms with E-state index in [1.54, 1.807) is 0 Å². The van der Waals surface area contributed by atoms with E-state index in [1.165, 1.54) is 24.0 Å². The Bertz CT molecular complexity index is 262. The Morgan fingerprint density at radius 2 is 2.00 bits per heavy atom. The van der Waals surface area contributed by atoms with Crippen molar-refractivity contribution < 1.29 is 4.79 Å². The second kappa shape index (κ2) is 3.28. The van der Waals surface area contributed by atoms with Crippen molar-refractivity contribution >= 4 is 5.78 Å². The van der Waals surface area contributed by atoms with Crippen LogP contribution >= 0.6 is 0 Å². The molecule has 1 fully saturated rings. The normalized spacial score (nSPS) is 34.8. The quantitative estimate of drug-likeness (QED) is 0.557. The number of rotatable bonds is 0. The molecule has 13 heavy (non-hydrogen) atoms. The summed E-state index contributed by atoms with van der Waals surface area (Å²) < 4.78 is 0. The summed E-state index contributed by atoms with van der Waals surface area (Å²) in [6.07, 6.45) is 5.54. The molecule has 0 bridgehead atoms. The molecule has 1 saturated carbocycles. The van der Waals surface area contributed by atoms with Crippen molar-refractivity contribution in [3.8, 4) is 0 Å². The Morgan fingerprint density at radius 1 is 1.23 bits per heavy atom. The molecule has 2 aliphatic carbocycles. The van der Waals surface area contributed by atoms with Gasteiger partial charge in [0.15, 0.2) is 5.78 Å². The molecule has 0 spiro atoms. The van der Waals surface area contributed by atoms with Gasteiger partial charge in [0.2, 0.25) is 0 Å². The highest BCUT2D eigenvalue weighted by atomic mass is 16.1. The fourth-order valence-corrected chi connectivity index (χ4v) is 2.90. The first-order valence-electron chi connectivity index (χ1n) is 5.43. The van der Waals surface area contributed by atoms with Gasteiger partial charge in [-0.05, 0) is 50.0 Å². The number of ketones is 1. The van der Waals surface area contributed by atoms with Crippen LogP contribution in [0.3, 0.4) is 0 Å². The van der Waals surface area contributed by atoms with Crippen LogP contribution in [0.25, 0.3) is 0 Å². The second-order valence-electron chi connectivity index (χ2n) is 4.63. The number of fused-ring (bicyclic) bond motifs is 1. The van der Waals surface area contributed by atoms with Crippen molar-refractivity contribution in [3.05, 3.63) is 11.1 Å². The lowest BCUT2D eigenvalue weighted by molar-refractivity contribution is -0.115. The molecule has 0 amide bonds. The number of carbonyl (C=O) groups is 1. The summed E-state index contributed by atoms with van der Waals surface area (Å²) in [7, 11) is 0. The van der Waals surface area contributed by atoms with E-state index in [1.807, 2.05) is 0 Å². The third-order valence-electron chi connectivity index (χ3n) is 3.71. The highest BCUT2D eigenvalue weighted by molar-refractivity contribution is 5.97. The summed E-state index contributed by atoms with van der Waals surface area (Å²) in [6.45, 7) is 4.45. The number of allylic oxidation sites excluding steroid dienone is 2. The van der Waals surface area contributed by atoms with E-state index < -0.39 is 0 Å². The minimum Gasteiger partial charge on any atom is -0.295 e. The maximum absolute atomic E-state index is 11.8. The maximum Gasteiger partial charge on any atom is 0.159 e. The van der Waals surface area contributed by atoms with Crippen LogP contribution in [-0.2, 0) is 4.79 Å². The molecule has 2 unspecified atom stereocenters. The Morgan fingerprint density at radius 3 is 2.77 bits per heavy atom. The summed E-state index contributed by atoms with van der Waals surface area (Å²) in [5.41, 5.74) is 2.59. The third-order valence-corrected chi connectivity index (χ3v) is 3.71. The van der Waals surface area contributed by atoms with Gasteiger partial charge >= 0.3 is 0 Å². The predicted molar refractivity (Wildman–Crippen MR) is 53.4 cm³/mol. The highest BCUT2D eigenvalue weighted by Crippen LogP contribution is 2.41. The van der Waals surface area contributed by atoms with Crippen LogP contribution in [0.15, 0.2) is 11.1 Å². The number of carbonyl (C=O) groups excluding carboxylic acids is 1. The van der Waals surface area contributed by atoms with E-state index in [2.05, 4.69) is 13.8 Å². The van der Waals surface area contributed by atoms with Gasteiger partial charge in [-0.2, -0.15) is 0 Å². The molecular weight excluding hydrogens is 160 g/mol. The van der Waals surface area contributed by atoms with Crippen LogP contribution in [0.5, 0.6) is 0 Å². The molecule has 2 atom stereocenters. The lowest BCUT2D eigenvalue weighted by Gasteiger charge is -2.17. The minimum atomic E-state index is 0.448. The van der Waals surface area contributed by atoms with Crippen molar-refractivity contribution in [2.45, 2.75) is 46.0 Å². The van der Waals surface area contributed by atoms with Crippen LogP contribution in [0.1, 0.15) is 46.0 Å². The first-order valence-corrected chi connectivity index (χ1v) is 5.43. The molecule has 0 aliphatic heterocycles. The maximum atomic E-state index is 11.8. The molecule has 1 heteroatoms. The Labute approximate surface area is 80.2 Å². The van der Waals surface area contributed by atoms with Crippen LogP contribution in [0, 0.1) is 11.8 Å². The van der Waals surface area contributed by atoms with Gasteiger partial charge in [0.25, 0.3) is 0 Å². The van der Waals surface area contributed by atoms with Gasteiger partial charge in [-0.3, -0.25) is 4.79 Å². The first-order chi connectivity index (χ1) is 6.20.